The first-order chi connectivity index (χ1) is 19.6. The van der Waals surface area contributed by atoms with Crippen LogP contribution in [0, 0.1) is 5.92 Å². The lowest BCUT2D eigenvalue weighted by Gasteiger charge is -2.29. The molecule has 1 fully saturated rings. The summed E-state index contributed by atoms with van der Waals surface area (Å²) in [6.07, 6.45) is 4.90. The molecule has 7 nitrogen and oxygen atoms in total. The van der Waals surface area contributed by atoms with Gasteiger partial charge in [-0.1, -0.05) is 52.0 Å². The summed E-state index contributed by atoms with van der Waals surface area (Å²) in [5.41, 5.74) is 4.97. The molecule has 226 valence electrons. The van der Waals surface area contributed by atoms with Crippen molar-refractivity contribution in [2.75, 3.05) is 38.7 Å². The Bertz CT molecular complexity index is 1140. The van der Waals surface area contributed by atoms with Gasteiger partial charge in [0.25, 0.3) is 5.91 Å². The van der Waals surface area contributed by atoms with E-state index < -0.39 is 12.1 Å². The minimum atomic E-state index is -0.732. The van der Waals surface area contributed by atoms with E-state index in [1.54, 1.807) is 7.11 Å². The predicted molar refractivity (Wildman–Crippen MR) is 165 cm³/mol. The van der Waals surface area contributed by atoms with E-state index in [-0.39, 0.29) is 16.9 Å². The number of ether oxygens (including phenoxy) is 2. The first-order valence-electron chi connectivity index (χ1n) is 15.4. The number of aliphatic hydroxyl groups excluding tert-OH is 1. The number of aliphatic hydroxyl groups is 1. The lowest BCUT2D eigenvalue weighted by molar-refractivity contribution is 0.0752. The number of hydrogen-bond donors (Lipinski definition) is 4. The summed E-state index contributed by atoms with van der Waals surface area (Å²) in [6.45, 7) is 12.0. The van der Waals surface area contributed by atoms with Crippen LogP contribution in [0.25, 0.3) is 0 Å². The van der Waals surface area contributed by atoms with E-state index in [9.17, 15) is 9.90 Å². The Balaban J connectivity index is 1.50. The van der Waals surface area contributed by atoms with Crippen molar-refractivity contribution in [3.05, 3.63) is 64.7 Å². The summed E-state index contributed by atoms with van der Waals surface area (Å²) in [7, 11) is 1.66. The zero-order valence-corrected chi connectivity index (χ0v) is 25.7. The van der Waals surface area contributed by atoms with Crippen LogP contribution in [-0.2, 0) is 27.0 Å². The summed E-state index contributed by atoms with van der Waals surface area (Å²) in [4.78, 5) is 13.6. The first kappa shape index (κ1) is 31.5. The Kier molecular flexibility index (Phi) is 10.9. The highest BCUT2D eigenvalue weighted by Crippen LogP contribution is 2.46. The molecule has 3 atom stereocenters. The molecule has 2 aromatic rings. The summed E-state index contributed by atoms with van der Waals surface area (Å²) in [6, 6.07) is 14.2. The monoisotopic (exact) mass is 565 g/mol. The van der Waals surface area contributed by atoms with Crippen LogP contribution in [0.5, 0.6) is 0 Å². The van der Waals surface area contributed by atoms with E-state index in [0.29, 0.717) is 37.7 Å². The van der Waals surface area contributed by atoms with E-state index in [0.717, 1.165) is 56.5 Å². The Morgan fingerprint density at radius 3 is 2.68 bits per heavy atom. The molecule has 2 aliphatic rings. The molecule has 1 amide bonds. The second-order valence-corrected chi connectivity index (χ2v) is 13.2. The molecular formula is C34H51N3O4. The van der Waals surface area contributed by atoms with Gasteiger partial charge in [0.05, 0.1) is 18.8 Å². The molecule has 2 bridgehead atoms. The normalized spacial score (nSPS) is 22.8. The first-order valence-corrected chi connectivity index (χ1v) is 15.4. The quantitative estimate of drug-likeness (QED) is 0.354. The Morgan fingerprint density at radius 2 is 1.95 bits per heavy atom. The molecular weight excluding hydrogens is 514 g/mol. The molecule has 0 radical (unpaired) electrons. The van der Waals surface area contributed by atoms with Gasteiger partial charge in [0, 0.05) is 50.2 Å². The molecule has 1 saturated carbocycles. The number of anilines is 1. The van der Waals surface area contributed by atoms with Crippen LogP contribution in [0.1, 0.15) is 93.3 Å². The van der Waals surface area contributed by atoms with Crippen LogP contribution in [0.3, 0.4) is 0 Å². The van der Waals surface area contributed by atoms with Crippen LogP contribution >= 0.6 is 0 Å². The minimum absolute atomic E-state index is 0.0788. The highest BCUT2D eigenvalue weighted by atomic mass is 16.5. The number of fused-ring (bicyclic) bond motifs is 2. The number of amides is 1. The second kappa shape index (κ2) is 14.1. The fourth-order valence-corrected chi connectivity index (χ4v) is 5.66. The van der Waals surface area contributed by atoms with Crippen molar-refractivity contribution in [1.82, 2.24) is 10.6 Å². The molecule has 41 heavy (non-hydrogen) atoms. The summed E-state index contributed by atoms with van der Waals surface area (Å²) >= 11 is 0. The number of rotatable bonds is 7. The van der Waals surface area contributed by atoms with Crippen molar-refractivity contribution >= 4 is 11.6 Å². The molecule has 4 rings (SSSR count). The highest BCUT2D eigenvalue weighted by molar-refractivity contribution is 5.95. The van der Waals surface area contributed by atoms with Gasteiger partial charge in [-0.15, -0.1) is 0 Å². The number of nitrogens with one attached hydrogen (secondary N) is 3. The standard InChI is InChI=1S/C34H51N3O4/c1-24-11-16-41-15-7-6-14-35-29-19-25(23-40-5)18-26(20-29)32(39)37-30(17-24)31(38)22-36-34(12-13-34)28-10-8-9-27(21-28)33(2,3)4/h8-10,18-21,24,30-31,35-36,38H,6-7,11-17,22-23H2,1-5H3,(H,37,39)/t24-,30+,31-/m1/s1. The fourth-order valence-electron chi connectivity index (χ4n) is 5.66. The molecule has 0 aromatic heterocycles. The molecule has 4 N–H and O–H groups in total. The van der Waals surface area contributed by atoms with E-state index in [4.69, 9.17) is 9.47 Å². The van der Waals surface area contributed by atoms with Gasteiger partial charge >= 0.3 is 0 Å². The lowest BCUT2D eigenvalue weighted by atomic mass is 9.85. The molecule has 1 aliphatic heterocycles. The molecule has 0 saturated heterocycles. The van der Waals surface area contributed by atoms with E-state index >= 15 is 0 Å². The van der Waals surface area contributed by atoms with Crippen LogP contribution in [0.4, 0.5) is 5.69 Å². The average molecular weight is 566 g/mol. The fraction of sp³-hybridized carbons (Fsp3) is 0.618. The Morgan fingerprint density at radius 1 is 1.15 bits per heavy atom. The highest BCUT2D eigenvalue weighted by Gasteiger charge is 2.44. The number of methoxy groups -OCH3 is 1. The molecule has 2 aromatic carbocycles. The summed E-state index contributed by atoms with van der Waals surface area (Å²) < 4.78 is 11.3. The average Bonchev–Trinajstić information content (AvgIpc) is 3.73. The molecule has 7 heteroatoms. The number of carbonyl (C=O) groups excluding carboxylic acids is 1. The summed E-state index contributed by atoms with van der Waals surface area (Å²) in [5, 5.41) is 21.8. The smallest absolute Gasteiger partial charge is 0.251 e. The van der Waals surface area contributed by atoms with Gasteiger partial charge in [-0.3, -0.25) is 4.79 Å². The SMILES string of the molecule is COCc1cc2cc(c1)C(=O)N[C@H]([C@H](O)CNC1(c3cccc(C(C)(C)C)c3)CC1)C[C@H](C)CCOCCCCN2. The third-order valence-electron chi connectivity index (χ3n) is 8.48. The maximum Gasteiger partial charge on any atom is 0.251 e. The van der Waals surface area contributed by atoms with Gasteiger partial charge < -0.3 is 30.5 Å². The van der Waals surface area contributed by atoms with Crippen molar-refractivity contribution in [1.29, 1.82) is 0 Å². The van der Waals surface area contributed by atoms with Gasteiger partial charge in [0.15, 0.2) is 0 Å². The Labute approximate surface area is 246 Å². The van der Waals surface area contributed by atoms with E-state index in [2.05, 4.69) is 67.9 Å². The van der Waals surface area contributed by atoms with Gasteiger partial charge in [-0.25, -0.2) is 0 Å². The van der Waals surface area contributed by atoms with Crippen molar-refractivity contribution in [2.24, 2.45) is 5.92 Å². The third kappa shape index (κ3) is 9.02. The van der Waals surface area contributed by atoms with Crippen molar-refractivity contribution in [2.45, 2.75) is 95.9 Å². The van der Waals surface area contributed by atoms with E-state index in [1.807, 2.05) is 18.2 Å². The molecule has 0 unspecified atom stereocenters. The number of hydrogen-bond acceptors (Lipinski definition) is 6. The van der Waals surface area contributed by atoms with Gasteiger partial charge in [0.1, 0.15) is 0 Å². The maximum atomic E-state index is 13.6. The zero-order valence-electron chi connectivity index (χ0n) is 25.7. The molecule has 0 spiro atoms. The zero-order chi connectivity index (χ0) is 29.5. The van der Waals surface area contributed by atoms with Gasteiger partial charge in [-0.2, -0.15) is 0 Å². The van der Waals surface area contributed by atoms with Gasteiger partial charge in [0.2, 0.25) is 0 Å². The second-order valence-electron chi connectivity index (χ2n) is 13.2. The topological polar surface area (TPSA) is 91.9 Å². The van der Waals surface area contributed by atoms with Crippen molar-refractivity contribution < 1.29 is 19.4 Å². The number of carbonyl (C=O) groups is 1. The van der Waals surface area contributed by atoms with Crippen molar-refractivity contribution in [3.63, 3.8) is 0 Å². The maximum absolute atomic E-state index is 13.6. The largest absolute Gasteiger partial charge is 0.390 e. The minimum Gasteiger partial charge on any atom is -0.390 e. The molecule has 1 aliphatic carbocycles. The van der Waals surface area contributed by atoms with E-state index in [1.165, 1.54) is 11.1 Å². The summed E-state index contributed by atoms with van der Waals surface area (Å²) in [5.74, 6) is 0.114. The van der Waals surface area contributed by atoms with Crippen LogP contribution in [0.2, 0.25) is 0 Å². The van der Waals surface area contributed by atoms with Gasteiger partial charge in [-0.05, 0) is 84.7 Å². The lowest BCUT2D eigenvalue weighted by Crippen LogP contribution is -2.49. The third-order valence-corrected chi connectivity index (χ3v) is 8.48. The van der Waals surface area contributed by atoms with Crippen LogP contribution < -0.4 is 16.0 Å². The number of benzene rings is 2. The molecule has 1 heterocycles. The Hall–Kier alpha value is -2.45. The van der Waals surface area contributed by atoms with Crippen LogP contribution in [0.15, 0.2) is 42.5 Å². The van der Waals surface area contributed by atoms with Crippen molar-refractivity contribution in [3.8, 4) is 0 Å². The van der Waals surface area contributed by atoms with Crippen LogP contribution in [-0.4, -0.2) is 56.6 Å². The predicted octanol–water partition coefficient (Wildman–Crippen LogP) is 5.51.